The number of hydrogen-bond donors (Lipinski definition) is 1. The van der Waals surface area contributed by atoms with Crippen LogP contribution >= 0.6 is 10.7 Å². The third-order valence-corrected chi connectivity index (χ3v) is 5.08. The van der Waals surface area contributed by atoms with Crippen molar-refractivity contribution in [2.24, 2.45) is 0 Å². The average Bonchev–Trinajstić information content (AvgIpc) is 2.16. The van der Waals surface area contributed by atoms with Gasteiger partial charge in [0.25, 0.3) is 9.05 Å². The number of sulfonamides is 1. The molecule has 1 rings (SSSR count). The van der Waals surface area contributed by atoms with E-state index in [4.69, 9.17) is 10.7 Å². The molecular formula is C8H10ClNO4S2. The predicted molar refractivity (Wildman–Crippen MR) is 60.5 cm³/mol. The molecule has 0 saturated carbocycles. The standard InChI is InChI=1S/C8H10ClNO4S2/c1-6-7(15(9,11)12)4-3-5-8(6)16(13,14)10-2/h3-5,10H,1-2H3. The van der Waals surface area contributed by atoms with Crippen molar-refractivity contribution < 1.29 is 16.8 Å². The molecule has 0 fully saturated rings. The van der Waals surface area contributed by atoms with Gasteiger partial charge in [-0.05, 0) is 31.7 Å². The van der Waals surface area contributed by atoms with Crippen molar-refractivity contribution in [1.29, 1.82) is 0 Å². The topological polar surface area (TPSA) is 80.3 Å². The van der Waals surface area contributed by atoms with Gasteiger partial charge in [-0.15, -0.1) is 0 Å². The lowest BCUT2D eigenvalue weighted by Gasteiger charge is -2.08. The van der Waals surface area contributed by atoms with E-state index in [9.17, 15) is 16.8 Å². The van der Waals surface area contributed by atoms with Crippen molar-refractivity contribution >= 4 is 29.8 Å². The number of benzene rings is 1. The summed E-state index contributed by atoms with van der Waals surface area (Å²) in [6.45, 7) is 1.39. The molecule has 0 atom stereocenters. The van der Waals surface area contributed by atoms with Gasteiger partial charge in [-0.3, -0.25) is 0 Å². The van der Waals surface area contributed by atoms with Crippen LogP contribution < -0.4 is 4.72 Å². The molecule has 8 heteroatoms. The smallest absolute Gasteiger partial charge is 0.214 e. The van der Waals surface area contributed by atoms with E-state index in [2.05, 4.69) is 4.72 Å². The van der Waals surface area contributed by atoms with Crippen molar-refractivity contribution in [2.75, 3.05) is 7.05 Å². The number of halogens is 1. The summed E-state index contributed by atoms with van der Waals surface area (Å²) in [4.78, 5) is -0.304. The van der Waals surface area contributed by atoms with Crippen molar-refractivity contribution in [3.8, 4) is 0 Å². The highest BCUT2D eigenvalue weighted by molar-refractivity contribution is 8.13. The van der Waals surface area contributed by atoms with E-state index in [1.54, 1.807) is 0 Å². The van der Waals surface area contributed by atoms with Crippen LogP contribution in [0.1, 0.15) is 5.56 Å². The van der Waals surface area contributed by atoms with Gasteiger partial charge in [-0.25, -0.2) is 21.6 Å². The van der Waals surface area contributed by atoms with Gasteiger partial charge in [0.1, 0.15) is 0 Å². The van der Waals surface area contributed by atoms with E-state index in [0.29, 0.717) is 0 Å². The molecule has 0 aromatic heterocycles. The minimum Gasteiger partial charge on any atom is -0.214 e. The molecular weight excluding hydrogens is 274 g/mol. The van der Waals surface area contributed by atoms with E-state index < -0.39 is 19.1 Å². The fourth-order valence-electron chi connectivity index (χ4n) is 1.26. The van der Waals surface area contributed by atoms with E-state index in [1.165, 1.54) is 32.2 Å². The van der Waals surface area contributed by atoms with Crippen molar-refractivity contribution in [1.82, 2.24) is 4.72 Å². The lowest BCUT2D eigenvalue weighted by Crippen LogP contribution is -2.20. The van der Waals surface area contributed by atoms with E-state index >= 15 is 0 Å². The molecule has 5 nitrogen and oxygen atoms in total. The molecule has 0 aliphatic heterocycles. The Kier molecular flexibility index (Phi) is 3.63. The highest BCUT2D eigenvalue weighted by atomic mass is 35.7. The Morgan fingerprint density at radius 1 is 1.12 bits per heavy atom. The first-order chi connectivity index (χ1) is 7.20. The highest BCUT2D eigenvalue weighted by Crippen LogP contribution is 2.24. The lowest BCUT2D eigenvalue weighted by molar-refractivity contribution is 0.587. The Hall–Kier alpha value is -0.630. The van der Waals surface area contributed by atoms with Gasteiger partial charge < -0.3 is 0 Å². The zero-order chi connectivity index (χ0) is 12.6. The van der Waals surface area contributed by atoms with Gasteiger partial charge in [0.15, 0.2) is 0 Å². The summed E-state index contributed by atoms with van der Waals surface area (Å²) in [5, 5.41) is 0. The fraction of sp³-hybridized carbons (Fsp3) is 0.250. The first-order valence-electron chi connectivity index (χ1n) is 4.18. The van der Waals surface area contributed by atoms with E-state index in [0.717, 1.165) is 0 Å². The Balaban J connectivity index is 3.61. The first-order valence-corrected chi connectivity index (χ1v) is 7.97. The monoisotopic (exact) mass is 283 g/mol. The molecule has 0 radical (unpaired) electrons. The molecule has 0 aliphatic rings. The molecule has 0 saturated heterocycles. The predicted octanol–water partition coefficient (Wildman–Crippen LogP) is 0.831. The lowest BCUT2D eigenvalue weighted by atomic mass is 10.2. The van der Waals surface area contributed by atoms with Gasteiger partial charge in [0, 0.05) is 10.7 Å². The van der Waals surface area contributed by atoms with Crippen molar-refractivity contribution in [3.63, 3.8) is 0 Å². The minimum absolute atomic E-state index is 0.100. The number of rotatable bonds is 3. The molecule has 0 amide bonds. The summed E-state index contributed by atoms with van der Waals surface area (Å²) in [5.41, 5.74) is 0.104. The van der Waals surface area contributed by atoms with Gasteiger partial charge in [0.2, 0.25) is 10.0 Å². The Bertz CT molecular complexity index is 607. The van der Waals surface area contributed by atoms with Gasteiger partial charge in [-0.1, -0.05) is 6.07 Å². The van der Waals surface area contributed by atoms with Crippen LogP contribution in [0.4, 0.5) is 0 Å². The van der Waals surface area contributed by atoms with Crippen LogP contribution in [0.3, 0.4) is 0 Å². The molecule has 1 aromatic rings. The fourth-order valence-corrected chi connectivity index (χ4v) is 3.53. The molecule has 0 aliphatic carbocycles. The second-order valence-corrected chi connectivity index (χ2v) is 7.41. The summed E-state index contributed by atoms with van der Waals surface area (Å²) in [7, 11) is -1.20. The summed E-state index contributed by atoms with van der Waals surface area (Å²) in [6.07, 6.45) is 0. The maximum Gasteiger partial charge on any atom is 0.261 e. The second-order valence-electron chi connectivity index (χ2n) is 3.02. The zero-order valence-corrected chi connectivity index (χ0v) is 10.9. The molecule has 90 valence electrons. The molecule has 0 spiro atoms. The summed E-state index contributed by atoms with van der Waals surface area (Å²) in [6, 6.07) is 3.89. The SMILES string of the molecule is CNS(=O)(=O)c1cccc(S(=O)(=O)Cl)c1C. The summed E-state index contributed by atoms with van der Waals surface area (Å²) >= 11 is 0. The Labute approximate surface area is 98.9 Å². The highest BCUT2D eigenvalue weighted by Gasteiger charge is 2.21. The molecule has 16 heavy (non-hydrogen) atoms. The van der Waals surface area contributed by atoms with Gasteiger partial charge in [-0.2, -0.15) is 0 Å². The van der Waals surface area contributed by atoms with Crippen LogP contribution in [0.25, 0.3) is 0 Å². The van der Waals surface area contributed by atoms with Gasteiger partial charge >= 0.3 is 0 Å². The van der Waals surface area contributed by atoms with Crippen molar-refractivity contribution in [2.45, 2.75) is 16.7 Å². The van der Waals surface area contributed by atoms with E-state index in [1.807, 2.05) is 0 Å². The third kappa shape index (κ3) is 2.54. The molecule has 1 aromatic carbocycles. The second kappa shape index (κ2) is 4.33. The van der Waals surface area contributed by atoms with E-state index in [-0.39, 0.29) is 15.4 Å². The van der Waals surface area contributed by atoms with Crippen LogP contribution in [-0.2, 0) is 19.1 Å². The first kappa shape index (κ1) is 13.4. The molecule has 0 heterocycles. The number of hydrogen-bond acceptors (Lipinski definition) is 4. The Morgan fingerprint density at radius 3 is 2.06 bits per heavy atom. The largest absolute Gasteiger partial charge is 0.261 e. The molecule has 0 unspecified atom stereocenters. The summed E-state index contributed by atoms with van der Waals surface area (Å²) < 4.78 is 47.6. The normalized spacial score (nSPS) is 12.7. The quantitative estimate of drug-likeness (QED) is 0.833. The maximum absolute atomic E-state index is 11.6. The number of nitrogens with one attached hydrogen (secondary N) is 1. The zero-order valence-electron chi connectivity index (χ0n) is 8.56. The van der Waals surface area contributed by atoms with Crippen molar-refractivity contribution in [3.05, 3.63) is 23.8 Å². The minimum atomic E-state index is -3.94. The van der Waals surface area contributed by atoms with Gasteiger partial charge in [0.05, 0.1) is 9.79 Å². The third-order valence-electron chi connectivity index (χ3n) is 2.06. The summed E-state index contributed by atoms with van der Waals surface area (Å²) in [5.74, 6) is 0. The van der Waals surface area contributed by atoms with Crippen LogP contribution in [0.5, 0.6) is 0 Å². The maximum atomic E-state index is 11.6. The molecule has 0 bridgehead atoms. The Morgan fingerprint density at radius 2 is 1.62 bits per heavy atom. The molecule has 1 N–H and O–H groups in total. The van der Waals surface area contributed by atoms with Crippen LogP contribution in [-0.4, -0.2) is 23.9 Å². The average molecular weight is 284 g/mol. The van der Waals surface area contributed by atoms with Crippen LogP contribution in [0.2, 0.25) is 0 Å². The van der Waals surface area contributed by atoms with Crippen LogP contribution in [0.15, 0.2) is 28.0 Å². The van der Waals surface area contributed by atoms with Crippen LogP contribution in [0, 0.1) is 6.92 Å².